The standard InChI is InChI=1S/C15H22N2O3/c1-4-6-12(10-14(18)19)16-15(20)11-7-5-8-13(9-11)17(2)3/h5,7-9,12H,4,6,10H2,1-3H3,(H,16,20)(H,18,19). The minimum Gasteiger partial charge on any atom is -0.481 e. The van der Waals surface area contributed by atoms with Crippen molar-refractivity contribution in [1.29, 1.82) is 0 Å². The van der Waals surface area contributed by atoms with E-state index in [2.05, 4.69) is 5.32 Å². The molecule has 0 bridgehead atoms. The number of amides is 1. The van der Waals surface area contributed by atoms with Crippen LogP contribution in [0.3, 0.4) is 0 Å². The summed E-state index contributed by atoms with van der Waals surface area (Å²) in [5, 5.41) is 11.6. The van der Waals surface area contributed by atoms with E-state index in [9.17, 15) is 9.59 Å². The number of benzene rings is 1. The number of carbonyl (C=O) groups is 2. The van der Waals surface area contributed by atoms with E-state index in [0.717, 1.165) is 12.1 Å². The molecule has 1 aromatic rings. The van der Waals surface area contributed by atoms with E-state index >= 15 is 0 Å². The van der Waals surface area contributed by atoms with Gasteiger partial charge in [0, 0.05) is 31.4 Å². The van der Waals surface area contributed by atoms with Crippen molar-refractivity contribution >= 4 is 17.6 Å². The van der Waals surface area contributed by atoms with Crippen molar-refractivity contribution in [2.75, 3.05) is 19.0 Å². The molecule has 0 heterocycles. The molecule has 0 aliphatic rings. The molecule has 1 unspecified atom stereocenters. The van der Waals surface area contributed by atoms with Crippen molar-refractivity contribution in [3.05, 3.63) is 29.8 Å². The molecule has 0 saturated heterocycles. The monoisotopic (exact) mass is 278 g/mol. The summed E-state index contributed by atoms with van der Waals surface area (Å²) in [6.45, 7) is 1.97. The van der Waals surface area contributed by atoms with Crippen molar-refractivity contribution in [2.24, 2.45) is 0 Å². The van der Waals surface area contributed by atoms with Gasteiger partial charge in [0.2, 0.25) is 0 Å². The number of hydrogen-bond acceptors (Lipinski definition) is 3. The third-order valence-electron chi connectivity index (χ3n) is 3.02. The van der Waals surface area contributed by atoms with E-state index in [1.54, 1.807) is 12.1 Å². The molecule has 0 aliphatic heterocycles. The largest absolute Gasteiger partial charge is 0.481 e. The van der Waals surface area contributed by atoms with Gasteiger partial charge in [0.05, 0.1) is 6.42 Å². The van der Waals surface area contributed by atoms with Crippen LogP contribution in [0.15, 0.2) is 24.3 Å². The minimum atomic E-state index is -0.897. The Bertz CT molecular complexity index is 472. The van der Waals surface area contributed by atoms with Crippen molar-refractivity contribution in [2.45, 2.75) is 32.2 Å². The van der Waals surface area contributed by atoms with Crippen LogP contribution in [-0.2, 0) is 4.79 Å². The first kappa shape index (κ1) is 16.0. The van der Waals surface area contributed by atoms with Crippen LogP contribution < -0.4 is 10.2 Å². The quantitative estimate of drug-likeness (QED) is 0.801. The fourth-order valence-corrected chi connectivity index (χ4v) is 1.98. The van der Waals surface area contributed by atoms with E-state index in [4.69, 9.17) is 5.11 Å². The van der Waals surface area contributed by atoms with Gasteiger partial charge in [-0.1, -0.05) is 19.4 Å². The van der Waals surface area contributed by atoms with E-state index in [1.807, 2.05) is 38.1 Å². The Morgan fingerprint density at radius 2 is 2.05 bits per heavy atom. The lowest BCUT2D eigenvalue weighted by molar-refractivity contribution is -0.137. The fraction of sp³-hybridized carbons (Fsp3) is 0.467. The highest BCUT2D eigenvalue weighted by atomic mass is 16.4. The van der Waals surface area contributed by atoms with E-state index in [0.29, 0.717) is 12.0 Å². The zero-order chi connectivity index (χ0) is 15.1. The predicted octanol–water partition coefficient (Wildman–Crippen LogP) is 2.13. The number of anilines is 1. The number of nitrogens with zero attached hydrogens (tertiary/aromatic N) is 1. The van der Waals surface area contributed by atoms with Crippen LogP contribution in [-0.4, -0.2) is 37.1 Å². The Kier molecular flexibility index (Phi) is 6.03. The Hall–Kier alpha value is -2.04. The van der Waals surface area contributed by atoms with Gasteiger partial charge in [-0.2, -0.15) is 0 Å². The van der Waals surface area contributed by atoms with Crippen molar-refractivity contribution in [3.8, 4) is 0 Å². The van der Waals surface area contributed by atoms with Gasteiger partial charge in [-0.3, -0.25) is 9.59 Å². The number of carboxylic acids is 1. The third kappa shape index (κ3) is 4.91. The summed E-state index contributed by atoms with van der Waals surface area (Å²) in [7, 11) is 3.81. The smallest absolute Gasteiger partial charge is 0.305 e. The molecule has 0 aliphatic carbocycles. The third-order valence-corrected chi connectivity index (χ3v) is 3.02. The first-order chi connectivity index (χ1) is 9.43. The number of hydrogen-bond donors (Lipinski definition) is 2. The zero-order valence-electron chi connectivity index (χ0n) is 12.2. The van der Waals surface area contributed by atoms with Gasteiger partial charge in [0.15, 0.2) is 0 Å². The molecule has 0 radical (unpaired) electrons. The van der Waals surface area contributed by atoms with E-state index in [-0.39, 0.29) is 18.4 Å². The van der Waals surface area contributed by atoms with Crippen LogP contribution in [0, 0.1) is 0 Å². The second-order valence-electron chi connectivity index (χ2n) is 5.00. The summed E-state index contributed by atoms with van der Waals surface area (Å²) in [6, 6.07) is 6.92. The maximum absolute atomic E-state index is 12.2. The highest BCUT2D eigenvalue weighted by Crippen LogP contribution is 2.14. The molecule has 0 aromatic heterocycles. The molecule has 0 saturated carbocycles. The molecular weight excluding hydrogens is 256 g/mol. The average Bonchev–Trinajstić information content (AvgIpc) is 2.38. The Labute approximate surface area is 119 Å². The highest BCUT2D eigenvalue weighted by Gasteiger charge is 2.16. The lowest BCUT2D eigenvalue weighted by Gasteiger charge is -2.17. The Morgan fingerprint density at radius 3 is 2.60 bits per heavy atom. The van der Waals surface area contributed by atoms with E-state index in [1.165, 1.54) is 0 Å². The van der Waals surface area contributed by atoms with E-state index < -0.39 is 5.97 Å². The molecule has 1 aromatic carbocycles. The molecule has 1 amide bonds. The number of carboxylic acid groups (broad SMARTS) is 1. The first-order valence-corrected chi connectivity index (χ1v) is 6.74. The van der Waals surface area contributed by atoms with Crippen LogP contribution >= 0.6 is 0 Å². The second kappa shape index (κ2) is 7.53. The molecule has 1 atom stereocenters. The van der Waals surface area contributed by atoms with Gasteiger partial charge < -0.3 is 15.3 Å². The van der Waals surface area contributed by atoms with Gasteiger partial charge in [0.25, 0.3) is 5.91 Å². The number of carbonyl (C=O) groups excluding carboxylic acids is 1. The highest BCUT2D eigenvalue weighted by molar-refractivity contribution is 5.95. The summed E-state index contributed by atoms with van der Waals surface area (Å²) >= 11 is 0. The van der Waals surface area contributed by atoms with Gasteiger partial charge >= 0.3 is 5.97 Å². The minimum absolute atomic E-state index is 0.0487. The van der Waals surface area contributed by atoms with Gasteiger partial charge in [-0.15, -0.1) is 0 Å². The Morgan fingerprint density at radius 1 is 1.35 bits per heavy atom. The number of rotatable bonds is 7. The average molecular weight is 278 g/mol. The van der Waals surface area contributed by atoms with Crippen LogP contribution in [0.2, 0.25) is 0 Å². The molecule has 0 spiro atoms. The molecule has 20 heavy (non-hydrogen) atoms. The molecular formula is C15H22N2O3. The summed E-state index contributed by atoms with van der Waals surface area (Å²) in [5.74, 6) is -1.13. The summed E-state index contributed by atoms with van der Waals surface area (Å²) < 4.78 is 0. The zero-order valence-corrected chi connectivity index (χ0v) is 12.2. The molecule has 2 N–H and O–H groups in total. The summed E-state index contributed by atoms with van der Waals surface area (Å²) in [6.07, 6.45) is 1.44. The van der Waals surface area contributed by atoms with Crippen LogP contribution in [0.25, 0.3) is 0 Å². The van der Waals surface area contributed by atoms with Gasteiger partial charge in [0.1, 0.15) is 0 Å². The maximum Gasteiger partial charge on any atom is 0.305 e. The van der Waals surface area contributed by atoms with Crippen LogP contribution in [0.4, 0.5) is 5.69 Å². The van der Waals surface area contributed by atoms with Crippen molar-refractivity contribution < 1.29 is 14.7 Å². The lowest BCUT2D eigenvalue weighted by Crippen LogP contribution is -2.36. The SMILES string of the molecule is CCCC(CC(=O)O)NC(=O)c1cccc(N(C)C)c1. The summed E-state index contributed by atoms with van der Waals surface area (Å²) in [4.78, 5) is 24.9. The maximum atomic E-state index is 12.2. The number of nitrogens with one attached hydrogen (secondary N) is 1. The normalized spacial score (nSPS) is 11.8. The molecule has 0 fully saturated rings. The molecule has 1 rings (SSSR count). The lowest BCUT2D eigenvalue weighted by atomic mass is 10.1. The van der Waals surface area contributed by atoms with Gasteiger partial charge in [-0.25, -0.2) is 0 Å². The topological polar surface area (TPSA) is 69.6 Å². The van der Waals surface area contributed by atoms with Crippen molar-refractivity contribution in [1.82, 2.24) is 5.32 Å². The van der Waals surface area contributed by atoms with Crippen LogP contribution in [0.1, 0.15) is 36.5 Å². The fourth-order valence-electron chi connectivity index (χ4n) is 1.98. The van der Waals surface area contributed by atoms with Crippen molar-refractivity contribution in [3.63, 3.8) is 0 Å². The first-order valence-electron chi connectivity index (χ1n) is 6.74. The Balaban J connectivity index is 2.77. The summed E-state index contributed by atoms with van der Waals surface area (Å²) in [5.41, 5.74) is 1.48. The predicted molar refractivity (Wildman–Crippen MR) is 79.2 cm³/mol. The molecule has 110 valence electrons. The molecule has 5 nitrogen and oxygen atoms in total. The second-order valence-corrected chi connectivity index (χ2v) is 5.00. The number of aliphatic carboxylic acids is 1. The van der Waals surface area contributed by atoms with Crippen LogP contribution in [0.5, 0.6) is 0 Å². The van der Waals surface area contributed by atoms with Gasteiger partial charge in [-0.05, 0) is 24.6 Å². The molecule has 5 heteroatoms.